The van der Waals surface area contributed by atoms with Crippen molar-refractivity contribution in [3.8, 4) is 0 Å². The zero-order chi connectivity index (χ0) is 16.7. The average Bonchev–Trinajstić information content (AvgIpc) is 2.80. The summed E-state index contributed by atoms with van der Waals surface area (Å²) in [5.41, 5.74) is -0.207. The molecule has 1 heterocycles. The van der Waals surface area contributed by atoms with Crippen LogP contribution in [0.4, 0.5) is 0 Å². The molecule has 1 aliphatic carbocycles. The van der Waals surface area contributed by atoms with E-state index in [1.807, 2.05) is 26.8 Å². The largest absolute Gasteiger partial charge is 0.334 e. The summed E-state index contributed by atoms with van der Waals surface area (Å²) in [6, 6.07) is 0. The van der Waals surface area contributed by atoms with Crippen LogP contribution in [0.15, 0.2) is 9.47 Å². The van der Waals surface area contributed by atoms with Gasteiger partial charge in [-0.3, -0.25) is 14.4 Å². The number of hydrogen-bond acceptors (Lipinski definition) is 3. The van der Waals surface area contributed by atoms with Gasteiger partial charge in [0.15, 0.2) is 17.5 Å². The third-order valence-corrected chi connectivity index (χ3v) is 5.34. The van der Waals surface area contributed by atoms with Crippen LogP contribution in [-0.4, -0.2) is 35.5 Å². The molecule has 2 aliphatic rings. The molecule has 0 aromatic carbocycles. The Balaban J connectivity index is 2.12. The van der Waals surface area contributed by atoms with Gasteiger partial charge < -0.3 is 4.90 Å². The lowest BCUT2D eigenvalue weighted by molar-refractivity contribution is -0.139. The fourth-order valence-corrected chi connectivity index (χ4v) is 3.91. The number of likely N-dealkylation sites (tertiary alicyclic amines) is 1. The molecule has 122 valence electrons. The van der Waals surface area contributed by atoms with Crippen molar-refractivity contribution >= 4 is 49.3 Å². The second-order valence-corrected chi connectivity index (χ2v) is 9.47. The highest BCUT2D eigenvalue weighted by Gasteiger charge is 2.63. The van der Waals surface area contributed by atoms with Crippen LogP contribution >= 0.6 is 31.9 Å². The summed E-state index contributed by atoms with van der Waals surface area (Å²) in [5.74, 6) is -2.03. The van der Waals surface area contributed by atoms with Crippen molar-refractivity contribution in [2.75, 3.05) is 13.1 Å². The highest BCUT2D eigenvalue weighted by molar-refractivity contribution is 9.28. The summed E-state index contributed by atoms with van der Waals surface area (Å²) in [7, 11) is 0. The molecule has 0 aromatic heterocycles. The third-order valence-electron chi connectivity index (χ3n) is 4.82. The van der Waals surface area contributed by atoms with Gasteiger partial charge in [-0.25, -0.2) is 0 Å². The van der Waals surface area contributed by atoms with Gasteiger partial charge in [0.05, 0.1) is 9.94 Å². The fourth-order valence-electron chi connectivity index (χ4n) is 3.34. The second-order valence-electron chi connectivity index (χ2n) is 6.70. The lowest BCUT2D eigenvalue weighted by Gasteiger charge is -2.14. The highest BCUT2D eigenvalue weighted by Crippen LogP contribution is 2.61. The number of hydrogen-bond donors (Lipinski definition) is 0. The molecule has 0 spiro atoms. The molecule has 0 N–H and O–H groups in total. The molecule has 4 nitrogen and oxygen atoms in total. The first-order valence-electron chi connectivity index (χ1n) is 7.59. The van der Waals surface area contributed by atoms with Crippen LogP contribution in [0.25, 0.3) is 0 Å². The number of rotatable bonds is 6. The topological polar surface area (TPSA) is 54.5 Å². The van der Waals surface area contributed by atoms with Crippen molar-refractivity contribution < 1.29 is 14.4 Å². The van der Waals surface area contributed by atoms with Crippen molar-refractivity contribution in [3.63, 3.8) is 0 Å². The molecular weight excluding hydrogens is 414 g/mol. The van der Waals surface area contributed by atoms with E-state index in [9.17, 15) is 14.4 Å². The van der Waals surface area contributed by atoms with Gasteiger partial charge in [0.2, 0.25) is 5.91 Å². The van der Waals surface area contributed by atoms with Crippen molar-refractivity contribution in [2.24, 2.45) is 23.2 Å². The van der Waals surface area contributed by atoms with Crippen LogP contribution in [0.2, 0.25) is 0 Å². The Kier molecular flexibility index (Phi) is 5.32. The molecular formula is C16H21Br2NO3. The molecule has 1 amide bonds. The van der Waals surface area contributed by atoms with Crippen LogP contribution in [-0.2, 0) is 14.4 Å². The minimum absolute atomic E-state index is 0.0547. The minimum atomic E-state index is -1.08. The number of Topliss-reactive ketones (excluding diaryl/α,β-unsaturated/α-hetero) is 2. The predicted molar refractivity (Wildman–Crippen MR) is 91.7 cm³/mol. The van der Waals surface area contributed by atoms with Gasteiger partial charge in [-0.2, -0.15) is 0 Å². The van der Waals surface area contributed by atoms with E-state index in [1.165, 1.54) is 4.90 Å². The quantitative estimate of drug-likeness (QED) is 0.602. The van der Waals surface area contributed by atoms with Gasteiger partial charge in [0.25, 0.3) is 0 Å². The first kappa shape index (κ1) is 17.9. The van der Waals surface area contributed by atoms with E-state index in [1.54, 1.807) is 0 Å². The Morgan fingerprint density at radius 1 is 1.36 bits per heavy atom. The number of allylic oxidation sites excluding steroid dienone is 1. The van der Waals surface area contributed by atoms with Crippen molar-refractivity contribution in [3.05, 3.63) is 9.47 Å². The van der Waals surface area contributed by atoms with Gasteiger partial charge in [0, 0.05) is 12.5 Å². The molecule has 0 aromatic rings. The molecule has 0 bridgehead atoms. The van der Waals surface area contributed by atoms with Gasteiger partial charge in [-0.15, -0.1) is 0 Å². The van der Waals surface area contributed by atoms with Crippen LogP contribution in [0.3, 0.4) is 0 Å². The predicted octanol–water partition coefficient (Wildman–Crippen LogP) is 3.29. The molecule has 22 heavy (non-hydrogen) atoms. The first-order valence-corrected chi connectivity index (χ1v) is 9.18. The van der Waals surface area contributed by atoms with Crippen molar-refractivity contribution in [1.82, 2.24) is 4.90 Å². The van der Waals surface area contributed by atoms with E-state index in [4.69, 9.17) is 0 Å². The number of carbonyl (C=O) groups excluding carboxylic acids is 3. The maximum absolute atomic E-state index is 12.7. The van der Waals surface area contributed by atoms with Crippen molar-refractivity contribution in [1.29, 1.82) is 0 Å². The molecule has 1 saturated heterocycles. The normalized spacial score (nSPS) is 29.7. The summed E-state index contributed by atoms with van der Waals surface area (Å²) in [5, 5.41) is 0. The van der Waals surface area contributed by atoms with Gasteiger partial charge in [-0.05, 0) is 49.6 Å². The summed E-state index contributed by atoms with van der Waals surface area (Å²) in [6.45, 7) is 6.68. The molecule has 1 saturated carbocycles. The lowest BCUT2D eigenvalue weighted by Crippen LogP contribution is -2.33. The first-order chi connectivity index (χ1) is 10.2. The summed E-state index contributed by atoms with van der Waals surface area (Å²) in [6.07, 6.45) is 3.75. The zero-order valence-electron chi connectivity index (χ0n) is 13.1. The van der Waals surface area contributed by atoms with Crippen LogP contribution < -0.4 is 0 Å². The Morgan fingerprint density at radius 2 is 2.00 bits per heavy atom. The number of amides is 1. The maximum Gasteiger partial charge on any atom is 0.241 e. The number of carbonyl (C=O) groups is 3. The summed E-state index contributed by atoms with van der Waals surface area (Å²) < 4.78 is 0.794. The highest BCUT2D eigenvalue weighted by atomic mass is 79.9. The standard InChI is InChI=1S/C16H21Br2NO3/c1-4-5-6-19-8-10(20)12(15(19)22)14(21)13-9(7-11(17)18)16(13,2)3/h7,9,12-13H,4-6,8H2,1-3H3. The molecule has 3 atom stereocenters. The average molecular weight is 435 g/mol. The molecule has 0 radical (unpaired) electrons. The summed E-state index contributed by atoms with van der Waals surface area (Å²) in [4.78, 5) is 38.8. The van der Waals surface area contributed by atoms with E-state index in [0.717, 1.165) is 16.2 Å². The number of halogens is 2. The van der Waals surface area contributed by atoms with Crippen molar-refractivity contribution in [2.45, 2.75) is 33.6 Å². The van der Waals surface area contributed by atoms with Crippen LogP contribution in [0, 0.1) is 23.2 Å². The Labute approximate surface area is 147 Å². The minimum Gasteiger partial charge on any atom is -0.334 e. The van der Waals surface area contributed by atoms with Gasteiger partial charge in [0.1, 0.15) is 0 Å². The van der Waals surface area contributed by atoms with Crippen LogP contribution in [0.5, 0.6) is 0 Å². The molecule has 1 aliphatic heterocycles. The molecule has 6 heteroatoms. The second kappa shape index (κ2) is 6.56. The van der Waals surface area contributed by atoms with E-state index in [-0.39, 0.29) is 41.3 Å². The number of ketones is 2. The van der Waals surface area contributed by atoms with E-state index in [2.05, 4.69) is 31.9 Å². The van der Waals surface area contributed by atoms with E-state index >= 15 is 0 Å². The number of unbranched alkanes of at least 4 members (excludes halogenated alkanes) is 1. The van der Waals surface area contributed by atoms with Gasteiger partial charge >= 0.3 is 0 Å². The maximum atomic E-state index is 12.7. The Morgan fingerprint density at radius 3 is 2.55 bits per heavy atom. The molecule has 2 rings (SSSR count). The lowest BCUT2D eigenvalue weighted by atomic mass is 9.94. The Hall–Kier alpha value is -0.490. The molecule has 2 fully saturated rings. The van der Waals surface area contributed by atoms with Gasteiger partial charge in [-0.1, -0.05) is 33.3 Å². The molecule has 3 unspecified atom stereocenters. The smallest absolute Gasteiger partial charge is 0.241 e. The third kappa shape index (κ3) is 3.23. The summed E-state index contributed by atoms with van der Waals surface area (Å²) >= 11 is 6.63. The SMILES string of the molecule is CCCCN1CC(=O)C(C(=O)C2C(C=C(Br)Br)C2(C)C)C1=O. The fraction of sp³-hybridized carbons (Fsp3) is 0.688. The van der Waals surface area contributed by atoms with Crippen LogP contribution in [0.1, 0.15) is 33.6 Å². The van der Waals surface area contributed by atoms with E-state index < -0.39 is 5.92 Å². The Bertz CT molecular complexity index is 538. The van der Waals surface area contributed by atoms with E-state index in [0.29, 0.717) is 6.54 Å². The number of nitrogens with zero attached hydrogens (tertiary/aromatic N) is 1. The monoisotopic (exact) mass is 433 g/mol. The zero-order valence-corrected chi connectivity index (χ0v) is 16.2.